The Morgan fingerprint density at radius 1 is 1.34 bits per heavy atom. The Bertz CT molecular complexity index is 984. The molecule has 0 saturated carbocycles. The molecule has 0 unspecified atom stereocenters. The highest BCUT2D eigenvalue weighted by Gasteiger charge is 2.24. The second-order valence-electron chi connectivity index (χ2n) is 7.03. The molecule has 1 amide bonds. The Morgan fingerprint density at radius 2 is 2.14 bits per heavy atom. The van der Waals surface area contributed by atoms with Crippen LogP contribution in [0.5, 0.6) is 5.75 Å². The van der Waals surface area contributed by atoms with Gasteiger partial charge in [-0.05, 0) is 44.2 Å². The minimum atomic E-state index is -0.699. The van der Waals surface area contributed by atoms with Gasteiger partial charge in [-0.2, -0.15) is 5.10 Å². The van der Waals surface area contributed by atoms with Crippen LogP contribution in [0.4, 0.5) is 4.39 Å². The Labute approximate surface area is 167 Å². The number of aromatic nitrogens is 4. The number of rotatable bonds is 7. The molecule has 0 spiro atoms. The number of carbonyl (C=O) groups excluding carboxylic acids is 1. The minimum absolute atomic E-state index is 0.253. The highest BCUT2D eigenvalue weighted by molar-refractivity contribution is 5.80. The Balaban J connectivity index is 1.37. The van der Waals surface area contributed by atoms with Crippen molar-refractivity contribution < 1.29 is 13.9 Å². The number of amides is 1. The fraction of sp³-hybridized carbons (Fsp3) is 0.400. The van der Waals surface area contributed by atoms with Gasteiger partial charge in [0.25, 0.3) is 5.91 Å². The quantitative estimate of drug-likeness (QED) is 0.628. The number of hydrogen-bond donors (Lipinski definition) is 2. The molecule has 3 aromatic rings. The summed E-state index contributed by atoms with van der Waals surface area (Å²) in [7, 11) is 0. The molecule has 1 saturated heterocycles. The van der Waals surface area contributed by atoms with Gasteiger partial charge < -0.3 is 15.4 Å². The standard InChI is InChI=1S/C20H23FN6O2/c1-13(29-16-4-2-15(21)3-5-16)20(28)25-10-11-27-19-18(23-8-9-24-19)17(26-27)14-6-7-22-12-14/h2-5,8-9,13-14,22H,6-7,10-12H2,1H3,(H,25,28)/t13-,14-/m0/s1. The molecule has 152 valence electrons. The van der Waals surface area contributed by atoms with E-state index >= 15 is 0 Å². The lowest BCUT2D eigenvalue weighted by Gasteiger charge is -2.14. The predicted molar refractivity (Wildman–Crippen MR) is 105 cm³/mol. The van der Waals surface area contributed by atoms with E-state index in [4.69, 9.17) is 9.84 Å². The lowest BCUT2D eigenvalue weighted by Crippen LogP contribution is -2.38. The summed E-state index contributed by atoms with van der Waals surface area (Å²) in [5.41, 5.74) is 2.50. The van der Waals surface area contributed by atoms with E-state index in [1.54, 1.807) is 24.0 Å². The van der Waals surface area contributed by atoms with Crippen molar-refractivity contribution in [3.63, 3.8) is 0 Å². The highest BCUT2D eigenvalue weighted by Crippen LogP contribution is 2.26. The van der Waals surface area contributed by atoms with Crippen molar-refractivity contribution in [3.05, 3.63) is 48.2 Å². The van der Waals surface area contributed by atoms with Gasteiger partial charge in [-0.15, -0.1) is 0 Å². The summed E-state index contributed by atoms with van der Waals surface area (Å²) >= 11 is 0. The first-order valence-corrected chi connectivity index (χ1v) is 9.70. The number of benzene rings is 1. The summed E-state index contributed by atoms with van der Waals surface area (Å²) in [6.07, 6.45) is 3.65. The summed E-state index contributed by atoms with van der Waals surface area (Å²) in [6, 6.07) is 5.57. The third kappa shape index (κ3) is 4.34. The maximum Gasteiger partial charge on any atom is 0.260 e. The van der Waals surface area contributed by atoms with E-state index in [0.29, 0.717) is 24.8 Å². The fourth-order valence-electron chi connectivity index (χ4n) is 3.44. The van der Waals surface area contributed by atoms with Crippen LogP contribution in [0.3, 0.4) is 0 Å². The van der Waals surface area contributed by atoms with Crippen LogP contribution in [0.2, 0.25) is 0 Å². The van der Waals surface area contributed by atoms with E-state index in [1.165, 1.54) is 24.3 Å². The van der Waals surface area contributed by atoms with Crippen molar-refractivity contribution in [2.75, 3.05) is 19.6 Å². The Morgan fingerprint density at radius 3 is 2.90 bits per heavy atom. The SMILES string of the molecule is C[C@H](Oc1ccc(F)cc1)C(=O)NCCn1nc([C@H]2CCNC2)c2nccnc21. The predicted octanol–water partition coefficient (Wildman–Crippen LogP) is 1.63. The zero-order valence-electron chi connectivity index (χ0n) is 16.1. The molecule has 2 atom stereocenters. The second-order valence-corrected chi connectivity index (χ2v) is 7.03. The third-order valence-electron chi connectivity index (χ3n) is 4.96. The number of nitrogens with zero attached hydrogens (tertiary/aromatic N) is 4. The summed E-state index contributed by atoms with van der Waals surface area (Å²) < 4.78 is 20.3. The number of carbonyl (C=O) groups is 1. The van der Waals surface area contributed by atoms with E-state index in [1.807, 2.05) is 0 Å². The van der Waals surface area contributed by atoms with Gasteiger partial charge in [0, 0.05) is 31.4 Å². The van der Waals surface area contributed by atoms with E-state index < -0.39 is 6.10 Å². The van der Waals surface area contributed by atoms with Crippen LogP contribution < -0.4 is 15.4 Å². The van der Waals surface area contributed by atoms with Crippen LogP contribution in [0.15, 0.2) is 36.7 Å². The van der Waals surface area contributed by atoms with Crippen LogP contribution >= 0.6 is 0 Å². The number of nitrogens with one attached hydrogen (secondary N) is 2. The fourth-order valence-corrected chi connectivity index (χ4v) is 3.44. The average Bonchev–Trinajstić information content (AvgIpc) is 3.38. The van der Waals surface area contributed by atoms with Gasteiger partial charge in [-0.25, -0.2) is 19.0 Å². The molecule has 2 N–H and O–H groups in total. The van der Waals surface area contributed by atoms with Crippen molar-refractivity contribution in [3.8, 4) is 5.75 Å². The van der Waals surface area contributed by atoms with Gasteiger partial charge in [-0.3, -0.25) is 4.79 Å². The van der Waals surface area contributed by atoms with E-state index in [-0.39, 0.29) is 11.7 Å². The molecule has 0 radical (unpaired) electrons. The monoisotopic (exact) mass is 398 g/mol. The van der Waals surface area contributed by atoms with Crippen LogP contribution in [0.25, 0.3) is 11.2 Å². The summed E-state index contributed by atoms with van der Waals surface area (Å²) in [6.45, 7) is 4.37. The van der Waals surface area contributed by atoms with Crippen molar-refractivity contribution in [1.82, 2.24) is 30.4 Å². The maximum absolute atomic E-state index is 13.0. The summed E-state index contributed by atoms with van der Waals surface area (Å²) in [5, 5.41) is 10.9. The van der Waals surface area contributed by atoms with Crippen LogP contribution in [-0.4, -0.2) is 51.4 Å². The average molecular weight is 398 g/mol. The molecule has 1 fully saturated rings. The second kappa shape index (κ2) is 8.52. The number of halogens is 1. The van der Waals surface area contributed by atoms with Crippen molar-refractivity contribution in [2.45, 2.75) is 31.9 Å². The molecule has 9 heteroatoms. The van der Waals surface area contributed by atoms with Gasteiger partial charge in [0.05, 0.1) is 12.2 Å². The molecular formula is C20H23FN6O2. The normalized spacial score (nSPS) is 17.4. The molecule has 1 aliphatic heterocycles. The molecule has 29 heavy (non-hydrogen) atoms. The molecule has 4 rings (SSSR count). The van der Waals surface area contributed by atoms with Gasteiger partial charge in [0.1, 0.15) is 17.1 Å². The van der Waals surface area contributed by atoms with Crippen molar-refractivity contribution in [1.29, 1.82) is 0 Å². The van der Waals surface area contributed by atoms with Gasteiger partial charge in [-0.1, -0.05) is 0 Å². The zero-order valence-corrected chi connectivity index (χ0v) is 16.1. The van der Waals surface area contributed by atoms with Gasteiger partial charge >= 0.3 is 0 Å². The molecule has 8 nitrogen and oxygen atoms in total. The minimum Gasteiger partial charge on any atom is -0.481 e. The van der Waals surface area contributed by atoms with Gasteiger partial charge in [0.2, 0.25) is 0 Å². The first kappa shape index (κ1) is 19.3. The highest BCUT2D eigenvalue weighted by atomic mass is 19.1. The first-order valence-electron chi connectivity index (χ1n) is 9.70. The molecule has 0 aliphatic carbocycles. The topological polar surface area (TPSA) is 94.0 Å². The largest absolute Gasteiger partial charge is 0.481 e. The van der Waals surface area contributed by atoms with Crippen LogP contribution in [0.1, 0.15) is 25.0 Å². The molecule has 2 aromatic heterocycles. The number of fused-ring (bicyclic) bond motifs is 1. The lowest BCUT2D eigenvalue weighted by atomic mass is 10.0. The zero-order chi connectivity index (χ0) is 20.2. The Kier molecular flexibility index (Phi) is 5.66. The van der Waals surface area contributed by atoms with E-state index in [2.05, 4.69) is 20.6 Å². The van der Waals surface area contributed by atoms with Crippen molar-refractivity contribution >= 4 is 17.1 Å². The van der Waals surface area contributed by atoms with Gasteiger partial charge in [0.15, 0.2) is 11.8 Å². The third-order valence-corrected chi connectivity index (χ3v) is 4.96. The number of ether oxygens (including phenoxy) is 1. The maximum atomic E-state index is 13.0. The molecular weight excluding hydrogens is 375 g/mol. The number of hydrogen-bond acceptors (Lipinski definition) is 6. The van der Waals surface area contributed by atoms with Crippen LogP contribution in [0, 0.1) is 5.82 Å². The lowest BCUT2D eigenvalue weighted by molar-refractivity contribution is -0.127. The molecule has 1 aromatic carbocycles. The summed E-state index contributed by atoms with van der Waals surface area (Å²) in [5.74, 6) is 0.167. The first-order chi connectivity index (χ1) is 14.1. The molecule has 1 aliphatic rings. The van der Waals surface area contributed by atoms with Crippen molar-refractivity contribution in [2.24, 2.45) is 0 Å². The Hall–Kier alpha value is -3.07. The van der Waals surface area contributed by atoms with Crippen LogP contribution in [-0.2, 0) is 11.3 Å². The van der Waals surface area contributed by atoms with E-state index in [0.717, 1.165) is 36.4 Å². The molecule has 3 heterocycles. The molecule has 0 bridgehead atoms. The summed E-state index contributed by atoms with van der Waals surface area (Å²) in [4.78, 5) is 21.2. The smallest absolute Gasteiger partial charge is 0.260 e. The van der Waals surface area contributed by atoms with E-state index in [9.17, 15) is 9.18 Å².